The van der Waals surface area contributed by atoms with Gasteiger partial charge in [0.15, 0.2) is 0 Å². The summed E-state index contributed by atoms with van der Waals surface area (Å²) in [7, 11) is 4.74. The lowest BCUT2D eigenvalue weighted by atomic mass is 10.7. The maximum atomic E-state index is 9.96. The van der Waals surface area contributed by atoms with Crippen LogP contribution in [0.25, 0.3) is 0 Å². The second-order valence-corrected chi connectivity index (χ2v) is 1.64. The SMILES string of the molecule is C.C.CNC(=O)NC.CNC(C)=O. The molecule has 5 heteroatoms. The molecule has 0 aliphatic carbocycles. The van der Waals surface area contributed by atoms with Gasteiger partial charge in [-0.3, -0.25) is 4.79 Å². The highest BCUT2D eigenvalue weighted by Crippen LogP contribution is 1.48. The molecule has 3 N–H and O–H groups in total. The quantitative estimate of drug-likeness (QED) is 0.526. The van der Waals surface area contributed by atoms with Crippen LogP contribution in [0.3, 0.4) is 0 Å². The molecule has 0 aliphatic heterocycles. The molecule has 0 aromatic rings. The van der Waals surface area contributed by atoms with Crippen molar-refractivity contribution in [2.45, 2.75) is 21.8 Å². The van der Waals surface area contributed by atoms with Crippen LogP contribution in [0.2, 0.25) is 0 Å². The second kappa shape index (κ2) is 17.0. The summed E-state index contributed by atoms with van der Waals surface area (Å²) in [5.41, 5.74) is 0. The van der Waals surface area contributed by atoms with Gasteiger partial charge in [0.1, 0.15) is 0 Å². The Morgan fingerprint density at radius 3 is 1.08 bits per heavy atom. The maximum absolute atomic E-state index is 9.96. The number of urea groups is 1. The Morgan fingerprint density at radius 2 is 1.08 bits per heavy atom. The fourth-order valence-electron chi connectivity index (χ4n) is 0.125. The number of carbonyl (C=O) groups excluding carboxylic acids is 2. The Kier molecular flexibility index (Phi) is 29.6. The molecule has 0 saturated heterocycles. The topological polar surface area (TPSA) is 70.2 Å². The zero-order chi connectivity index (χ0) is 9.28. The highest BCUT2D eigenvalue weighted by atomic mass is 16.2. The van der Waals surface area contributed by atoms with E-state index in [1.165, 1.54) is 6.92 Å². The van der Waals surface area contributed by atoms with Gasteiger partial charge in [-0.05, 0) is 0 Å². The Bertz CT molecular complexity index is 121. The van der Waals surface area contributed by atoms with Gasteiger partial charge in [0, 0.05) is 28.1 Å². The number of rotatable bonds is 0. The summed E-state index contributed by atoms with van der Waals surface area (Å²) in [6.45, 7) is 1.47. The lowest BCUT2D eigenvalue weighted by Crippen LogP contribution is -2.28. The summed E-state index contributed by atoms with van der Waals surface area (Å²) in [4.78, 5) is 19.7. The Labute approximate surface area is 81.3 Å². The van der Waals surface area contributed by atoms with Crippen molar-refractivity contribution in [1.82, 2.24) is 16.0 Å². The van der Waals surface area contributed by atoms with Crippen LogP contribution in [0.4, 0.5) is 4.79 Å². The van der Waals surface area contributed by atoms with E-state index in [1.807, 2.05) is 0 Å². The molecule has 0 spiro atoms. The molecule has 0 heterocycles. The van der Waals surface area contributed by atoms with E-state index < -0.39 is 0 Å². The molecule has 5 nitrogen and oxygen atoms in total. The third-order valence-electron chi connectivity index (χ3n) is 0.806. The fourth-order valence-corrected chi connectivity index (χ4v) is 0.125. The highest BCUT2D eigenvalue weighted by molar-refractivity contribution is 5.73. The normalized spacial score (nSPS) is 5.85. The van der Waals surface area contributed by atoms with Crippen LogP contribution in [-0.2, 0) is 4.79 Å². The number of carbonyl (C=O) groups is 2. The van der Waals surface area contributed by atoms with Gasteiger partial charge in [-0.2, -0.15) is 0 Å². The maximum Gasteiger partial charge on any atom is 0.314 e. The van der Waals surface area contributed by atoms with Crippen molar-refractivity contribution in [3.8, 4) is 0 Å². The van der Waals surface area contributed by atoms with Crippen LogP contribution in [0.1, 0.15) is 21.8 Å². The van der Waals surface area contributed by atoms with Crippen LogP contribution in [0.15, 0.2) is 0 Å². The molecular formula is C8H23N3O2. The molecule has 3 amide bonds. The molecular weight excluding hydrogens is 170 g/mol. The Balaban J connectivity index is -0.0000000546. The van der Waals surface area contributed by atoms with E-state index in [4.69, 9.17) is 0 Å². The summed E-state index contributed by atoms with van der Waals surface area (Å²) < 4.78 is 0. The molecule has 0 aromatic heterocycles. The summed E-state index contributed by atoms with van der Waals surface area (Å²) in [5, 5.41) is 7.12. The summed E-state index contributed by atoms with van der Waals surface area (Å²) in [5.74, 6) is 0.00463. The second-order valence-electron chi connectivity index (χ2n) is 1.64. The first kappa shape index (κ1) is 22.6. The van der Waals surface area contributed by atoms with Gasteiger partial charge in [0.05, 0.1) is 0 Å². The van der Waals surface area contributed by atoms with Crippen molar-refractivity contribution in [2.75, 3.05) is 21.1 Å². The number of nitrogens with one attached hydrogen (secondary N) is 3. The van der Waals surface area contributed by atoms with Crippen molar-refractivity contribution in [2.24, 2.45) is 0 Å². The van der Waals surface area contributed by atoms with Crippen LogP contribution >= 0.6 is 0 Å². The van der Waals surface area contributed by atoms with E-state index in [2.05, 4.69) is 16.0 Å². The molecule has 0 atom stereocenters. The van der Waals surface area contributed by atoms with Gasteiger partial charge in [-0.1, -0.05) is 14.9 Å². The van der Waals surface area contributed by atoms with Gasteiger partial charge in [0.2, 0.25) is 5.91 Å². The van der Waals surface area contributed by atoms with Gasteiger partial charge >= 0.3 is 6.03 Å². The lowest BCUT2D eigenvalue weighted by molar-refractivity contribution is -0.118. The van der Waals surface area contributed by atoms with Crippen molar-refractivity contribution in [3.05, 3.63) is 0 Å². The van der Waals surface area contributed by atoms with Crippen molar-refractivity contribution >= 4 is 11.9 Å². The number of hydrogen-bond acceptors (Lipinski definition) is 2. The first-order valence-corrected chi connectivity index (χ1v) is 3.16. The van der Waals surface area contributed by atoms with Gasteiger partial charge in [-0.15, -0.1) is 0 Å². The van der Waals surface area contributed by atoms with Gasteiger partial charge in [0.25, 0.3) is 0 Å². The molecule has 0 radical (unpaired) electrons. The van der Waals surface area contributed by atoms with Crippen LogP contribution in [-0.4, -0.2) is 33.1 Å². The fraction of sp³-hybridized carbons (Fsp3) is 0.750. The van der Waals surface area contributed by atoms with Crippen LogP contribution < -0.4 is 16.0 Å². The van der Waals surface area contributed by atoms with Gasteiger partial charge < -0.3 is 16.0 Å². The zero-order valence-corrected chi connectivity index (χ0v) is 7.32. The summed E-state index contributed by atoms with van der Waals surface area (Å²) >= 11 is 0. The van der Waals surface area contributed by atoms with E-state index in [1.54, 1.807) is 21.1 Å². The van der Waals surface area contributed by atoms with E-state index >= 15 is 0 Å². The predicted molar refractivity (Wildman–Crippen MR) is 56.7 cm³/mol. The standard InChI is InChI=1S/C3H8N2O.C3H7NO.2CH4/c1-4-3(6)5-2;1-3(5)4-2;;/h1-2H3,(H2,4,5,6);1-2H3,(H,4,5);2*1H4. The Morgan fingerprint density at radius 1 is 0.846 bits per heavy atom. The van der Waals surface area contributed by atoms with Crippen molar-refractivity contribution < 1.29 is 9.59 Å². The minimum atomic E-state index is -0.157. The lowest BCUT2D eigenvalue weighted by Gasteiger charge is -1.91. The largest absolute Gasteiger partial charge is 0.359 e. The summed E-state index contributed by atoms with van der Waals surface area (Å²) in [6.07, 6.45) is 0. The first-order valence-electron chi connectivity index (χ1n) is 3.16. The van der Waals surface area contributed by atoms with Crippen LogP contribution in [0.5, 0.6) is 0 Å². The molecule has 82 valence electrons. The molecule has 0 aromatic carbocycles. The predicted octanol–water partition coefficient (Wildman–Crippen LogP) is 0.570. The minimum absolute atomic E-state index is 0. The molecule has 0 aliphatic rings. The molecule has 13 heavy (non-hydrogen) atoms. The van der Waals surface area contributed by atoms with E-state index in [-0.39, 0.29) is 26.8 Å². The van der Waals surface area contributed by atoms with Crippen LogP contribution in [0, 0.1) is 0 Å². The highest BCUT2D eigenvalue weighted by Gasteiger charge is 1.81. The summed E-state index contributed by atoms with van der Waals surface area (Å²) in [6, 6.07) is -0.157. The van der Waals surface area contributed by atoms with Crippen molar-refractivity contribution in [1.29, 1.82) is 0 Å². The Hall–Kier alpha value is -1.26. The van der Waals surface area contributed by atoms with Crippen molar-refractivity contribution in [3.63, 3.8) is 0 Å². The number of hydrogen-bond donors (Lipinski definition) is 3. The molecule has 0 unspecified atom stereocenters. The van der Waals surface area contributed by atoms with Gasteiger partial charge in [-0.25, -0.2) is 4.79 Å². The minimum Gasteiger partial charge on any atom is -0.359 e. The molecule has 0 saturated carbocycles. The monoisotopic (exact) mass is 193 g/mol. The average Bonchev–Trinajstić information content (AvgIpc) is 2.04. The van der Waals surface area contributed by atoms with E-state index in [9.17, 15) is 9.59 Å². The van der Waals surface area contributed by atoms with E-state index in [0.717, 1.165) is 0 Å². The smallest absolute Gasteiger partial charge is 0.314 e. The first-order chi connectivity index (χ1) is 5.08. The molecule has 0 bridgehead atoms. The van der Waals surface area contributed by atoms with E-state index in [0.29, 0.717) is 0 Å². The average molecular weight is 193 g/mol. The zero-order valence-electron chi connectivity index (χ0n) is 7.32. The molecule has 0 fully saturated rings. The molecule has 0 rings (SSSR count). The number of amides is 3. The third kappa shape index (κ3) is 36.5. The third-order valence-corrected chi connectivity index (χ3v) is 0.806.